The number of fused-ring (bicyclic) bond motifs is 4. The lowest BCUT2D eigenvalue weighted by Gasteiger charge is -2.11. The molecule has 0 amide bonds. The van der Waals surface area contributed by atoms with Gasteiger partial charge in [-0.05, 0) is 45.8 Å². The molecule has 3 heteroatoms. The molecule has 2 heterocycles. The Labute approximate surface area is 223 Å². The summed E-state index contributed by atoms with van der Waals surface area (Å²) < 4.78 is 2.12. The first-order valence-electron chi connectivity index (χ1n) is 13.2. The summed E-state index contributed by atoms with van der Waals surface area (Å²) in [6.45, 7) is 6.10. The van der Waals surface area contributed by atoms with Gasteiger partial charge in [0, 0.05) is 22.7 Å². The van der Waals surface area contributed by atoms with Gasteiger partial charge in [0.1, 0.15) is 0 Å². The quantitative estimate of drug-likeness (QED) is 0.246. The molecule has 7 aromatic rings. The van der Waals surface area contributed by atoms with E-state index < -0.39 is 0 Å². The van der Waals surface area contributed by atoms with Gasteiger partial charge < -0.3 is 0 Å². The molecule has 2 aromatic heterocycles. The van der Waals surface area contributed by atoms with Crippen LogP contribution in [0.3, 0.4) is 0 Å². The summed E-state index contributed by atoms with van der Waals surface area (Å²) in [4.78, 5) is 0. The van der Waals surface area contributed by atoms with Gasteiger partial charge in [-0.25, -0.2) is 0 Å². The number of aryl methyl sites for hydroxylation is 1. The highest BCUT2D eigenvalue weighted by Gasteiger charge is 2.15. The number of pyridine rings is 1. The minimum atomic E-state index is 0.852. The molecule has 184 valence electrons. The zero-order valence-electron chi connectivity index (χ0n) is 21.9. The van der Waals surface area contributed by atoms with Crippen LogP contribution in [0, 0.1) is 6.92 Å². The van der Waals surface area contributed by atoms with Gasteiger partial charge in [-0.3, -0.25) is 4.40 Å². The Kier molecular flexibility index (Phi) is 6.19. The van der Waals surface area contributed by atoms with E-state index in [-0.39, 0.29) is 0 Å². The molecule has 0 aliphatic heterocycles. The van der Waals surface area contributed by atoms with E-state index in [9.17, 15) is 0 Å². The third kappa shape index (κ3) is 4.12. The molecule has 0 spiro atoms. The summed E-state index contributed by atoms with van der Waals surface area (Å²) in [5.74, 6) is 0.852. The highest BCUT2D eigenvalue weighted by Crippen LogP contribution is 2.34. The minimum Gasteiger partial charge on any atom is -0.281 e. The maximum Gasteiger partial charge on any atom is 0.169 e. The first kappa shape index (κ1) is 23.6. The third-order valence-electron chi connectivity index (χ3n) is 7.00. The van der Waals surface area contributed by atoms with Crippen LogP contribution in [0.15, 0.2) is 121 Å². The number of hydrogen-bond donors (Lipinski definition) is 0. The Hall–Kier alpha value is -4.76. The number of benzene rings is 5. The molecule has 3 nitrogen and oxygen atoms in total. The van der Waals surface area contributed by atoms with Gasteiger partial charge in [0.05, 0.1) is 0 Å². The molecule has 5 aromatic carbocycles. The predicted octanol–water partition coefficient (Wildman–Crippen LogP) is 9.37. The summed E-state index contributed by atoms with van der Waals surface area (Å²) in [7, 11) is 0. The van der Waals surface area contributed by atoms with Crippen molar-refractivity contribution in [1.29, 1.82) is 0 Å². The van der Waals surface area contributed by atoms with Gasteiger partial charge in [0.2, 0.25) is 0 Å². The van der Waals surface area contributed by atoms with Crippen LogP contribution in [0.1, 0.15) is 19.4 Å². The second kappa shape index (κ2) is 9.95. The monoisotopic (exact) mass is 491 g/mol. The van der Waals surface area contributed by atoms with Crippen molar-refractivity contribution in [3.05, 3.63) is 127 Å². The molecule has 7 rings (SSSR count). The van der Waals surface area contributed by atoms with E-state index in [2.05, 4.69) is 143 Å². The molecule has 0 radical (unpaired) electrons. The van der Waals surface area contributed by atoms with Crippen molar-refractivity contribution in [3.63, 3.8) is 0 Å². The van der Waals surface area contributed by atoms with Crippen LogP contribution in [0.2, 0.25) is 0 Å². The highest BCUT2D eigenvalue weighted by atomic mass is 15.2. The van der Waals surface area contributed by atoms with Gasteiger partial charge in [-0.2, -0.15) is 0 Å². The van der Waals surface area contributed by atoms with E-state index >= 15 is 0 Å². The fourth-order valence-corrected chi connectivity index (χ4v) is 5.05. The standard InChI is InChI=1S/C33H23N3.C2H6/c1-22-10-12-26(13-11-22)32-34-35-33-30-9-5-4-8-29(30)31(21-36(32)33)25-17-14-24(15-18-25)28-19-16-23-6-2-3-7-27(23)20-28;1-2/h2-21H,1H3;1-2H3. The molecule has 0 unspecified atom stereocenters. The number of nitrogens with zero attached hydrogens (tertiary/aromatic N) is 3. The first-order chi connectivity index (χ1) is 18.7. The van der Waals surface area contributed by atoms with E-state index in [0.29, 0.717) is 0 Å². The van der Waals surface area contributed by atoms with E-state index in [4.69, 9.17) is 0 Å². The van der Waals surface area contributed by atoms with Crippen LogP contribution in [-0.2, 0) is 0 Å². The molecular weight excluding hydrogens is 462 g/mol. The molecule has 0 N–H and O–H groups in total. The molecule has 0 aliphatic rings. The Morgan fingerprint density at radius 3 is 1.89 bits per heavy atom. The average molecular weight is 492 g/mol. The van der Waals surface area contributed by atoms with Crippen molar-refractivity contribution < 1.29 is 0 Å². The molecule has 0 atom stereocenters. The van der Waals surface area contributed by atoms with E-state index in [1.807, 2.05) is 13.8 Å². The highest BCUT2D eigenvalue weighted by molar-refractivity contribution is 6.03. The van der Waals surface area contributed by atoms with Crippen molar-refractivity contribution in [2.75, 3.05) is 0 Å². The largest absolute Gasteiger partial charge is 0.281 e. The Balaban J connectivity index is 0.00000129. The number of aromatic nitrogens is 3. The minimum absolute atomic E-state index is 0.852. The van der Waals surface area contributed by atoms with E-state index in [0.717, 1.165) is 28.0 Å². The Morgan fingerprint density at radius 1 is 0.526 bits per heavy atom. The molecule has 0 aliphatic carbocycles. The van der Waals surface area contributed by atoms with Gasteiger partial charge in [0.15, 0.2) is 11.5 Å². The van der Waals surface area contributed by atoms with Gasteiger partial charge >= 0.3 is 0 Å². The molecule has 0 saturated carbocycles. The van der Waals surface area contributed by atoms with Crippen molar-refractivity contribution >= 4 is 27.2 Å². The summed E-state index contributed by atoms with van der Waals surface area (Å²) in [5, 5.41) is 13.9. The fraction of sp³-hybridized carbons (Fsp3) is 0.0857. The number of rotatable bonds is 3. The van der Waals surface area contributed by atoms with Crippen LogP contribution in [0.4, 0.5) is 0 Å². The summed E-state index contributed by atoms with van der Waals surface area (Å²) >= 11 is 0. The third-order valence-corrected chi connectivity index (χ3v) is 7.00. The average Bonchev–Trinajstić information content (AvgIpc) is 3.42. The lowest BCUT2D eigenvalue weighted by atomic mass is 9.96. The molecule has 0 saturated heterocycles. The maximum atomic E-state index is 4.57. The van der Waals surface area contributed by atoms with Crippen molar-refractivity contribution in [2.24, 2.45) is 0 Å². The van der Waals surface area contributed by atoms with Crippen LogP contribution in [0.5, 0.6) is 0 Å². The zero-order valence-corrected chi connectivity index (χ0v) is 21.9. The summed E-state index contributed by atoms with van der Waals surface area (Å²) in [5.41, 5.74) is 7.92. The van der Waals surface area contributed by atoms with Crippen molar-refractivity contribution in [3.8, 4) is 33.6 Å². The SMILES string of the molecule is CC.Cc1ccc(-c2nnc3c4ccccc4c(-c4ccc(-c5ccc6ccccc6c5)cc4)cn23)cc1. The van der Waals surface area contributed by atoms with Gasteiger partial charge in [-0.15, -0.1) is 10.2 Å². The maximum absolute atomic E-state index is 4.57. The fourth-order valence-electron chi connectivity index (χ4n) is 5.05. The summed E-state index contributed by atoms with van der Waals surface area (Å²) in [6.07, 6.45) is 2.18. The Bertz CT molecular complexity index is 1880. The van der Waals surface area contributed by atoms with E-state index in [1.165, 1.54) is 38.4 Å². The number of hydrogen-bond acceptors (Lipinski definition) is 2. The normalized spacial score (nSPS) is 11.0. The van der Waals surface area contributed by atoms with Crippen molar-refractivity contribution in [2.45, 2.75) is 20.8 Å². The van der Waals surface area contributed by atoms with Gasteiger partial charge in [0.25, 0.3) is 0 Å². The molecular formula is C35H29N3. The smallest absolute Gasteiger partial charge is 0.169 e. The van der Waals surface area contributed by atoms with E-state index in [1.54, 1.807) is 0 Å². The van der Waals surface area contributed by atoms with Crippen LogP contribution >= 0.6 is 0 Å². The lowest BCUT2D eigenvalue weighted by molar-refractivity contribution is 1.11. The lowest BCUT2D eigenvalue weighted by Crippen LogP contribution is -1.93. The van der Waals surface area contributed by atoms with Gasteiger partial charge in [-0.1, -0.05) is 129 Å². The molecule has 0 bridgehead atoms. The molecule has 0 fully saturated rings. The van der Waals surface area contributed by atoms with Crippen LogP contribution in [0.25, 0.3) is 60.8 Å². The zero-order chi connectivity index (χ0) is 26.1. The van der Waals surface area contributed by atoms with Crippen LogP contribution < -0.4 is 0 Å². The summed E-state index contributed by atoms with van der Waals surface area (Å²) in [6, 6.07) is 40.9. The second-order valence-corrected chi connectivity index (χ2v) is 9.31. The topological polar surface area (TPSA) is 30.2 Å². The first-order valence-corrected chi connectivity index (χ1v) is 13.2. The van der Waals surface area contributed by atoms with Crippen molar-refractivity contribution in [1.82, 2.24) is 14.6 Å². The Morgan fingerprint density at radius 2 is 1.13 bits per heavy atom. The van der Waals surface area contributed by atoms with Crippen LogP contribution in [-0.4, -0.2) is 14.6 Å². The predicted molar refractivity (Wildman–Crippen MR) is 160 cm³/mol. The second-order valence-electron chi connectivity index (χ2n) is 9.31. The molecule has 38 heavy (non-hydrogen) atoms.